The highest BCUT2D eigenvalue weighted by Gasteiger charge is 2.11. The smallest absolute Gasteiger partial charge is 0.338 e. The van der Waals surface area contributed by atoms with Crippen molar-refractivity contribution in [1.29, 1.82) is 0 Å². The van der Waals surface area contributed by atoms with Crippen molar-refractivity contribution in [1.82, 2.24) is 4.98 Å². The molecule has 1 aromatic heterocycles. The Balaban J connectivity index is 1.76. The molecule has 110 valence electrons. The van der Waals surface area contributed by atoms with Crippen molar-refractivity contribution in [3.8, 4) is 5.75 Å². The van der Waals surface area contributed by atoms with Crippen molar-refractivity contribution >= 4 is 16.9 Å². The molecule has 0 fully saturated rings. The zero-order chi connectivity index (χ0) is 15.5. The third kappa shape index (κ3) is 2.88. The van der Waals surface area contributed by atoms with E-state index in [1.165, 1.54) is 12.1 Å². The summed E-state index contributed by atoms with van der Waals surface area (Å²) in [6.07, 6.45) is 0. The maximum Gasteiger partial charge on any atom is 0.338 e. The van der Waals surface area contributed by atoms with Gasteiger partial charge in [0.05, 0.1) is 16.8 Å². The minimum Gasteiger partial charge on any atom is -0.487 e. The van der Waals surface area contributed by atoms with Crippen molar-refractivity contribution in [2.75, 3.05) is 0 Å². The first-order chi connectivity index (χ1) is 10.6. The summed E-state index contributed by atoms with van der Waals surface area (Å²) < 4.78 is 19.0. The van der Waals surface area contributed by atoms with Crippen LogP contribution in [-0.2, 0) is 6.61 Å². The van der Waals surface area contributed by atoms with Gasteiger partial charge in [-0.1, -0.05) is 24.3 Å². The highest BCUT2D eigenvalue weighted by molar-refractivity contribution is 5.88. The van der Waals surface area contributed by atoms with Crippen molar-refractivity contribution in [3.63, 3.8) is 0 Å². The Hall–Kier alpha value is -2.95. The van der Waals surface area contributed by atoms with Crippen LogP contribution in [0.15, 0.2) is 54.6 Å². The van der Waals surface area contributed by atoms with Gasteiger partial charge in [-0.3, -0.25) is 0 Å². The van der Waals surface area contributed by atoms with Gasteiger partial charge >= 0.3 is 5.97 Å². The molecule has 0 aliphatic carbocycles. The molecule has 1 N–H and O–H groups in total. The maximum atomic E-state index is 13.6. The number of nitrogens with zero attached hydrogens (tertiary/aromatic N) is 1. The number of hydrogen-bond acceptors (Lipinski definition) is 3. The van der Waals surface area contributed by atoms with Gasteiger partial charge in [-0.2, -0.15) is 0 Å². The molecule has 1 heterocycles. The number of pyridine rings is 1. The van der Waals surface area contributed by atoms with E-state index in [-0.39, 0.29) is 17.9 Å². The van der Waals surface area contributed by atoms with E-state index in [0.717, 1.165) is 17.0 Å². The molecule has 0 atom stereocenters. The Morgan fingerprint density at radius 2 is 1.95 bits per heavy atom. The Morgan fingerprint density at radius 3 is 2.73 bits per heavy atom. The molecule has 22 heavy (non-hydrogen) atoms. The van der Waals surface area contributed by atoms with Crippen molar-refractivity contribution in [3.05, 3.63) is 71.7 Å². The molecule has 0 aliphatic rings. The summed E-state index contributed by atoms with van der Waals surface area (Å²) >= 11 is 0. The fraction of sp³-hybridized carbons (Fsp3) is 0.0588. The van der Waals surface area contributed by atoms with Crippen molar-refractivity contribution < 1.29 is 19.0 Å². The second-order valence-electron chi connectivity index (χ2n) is 4.73. The van der Waals surface area contributed by atoms with Crippen LogP contribution in [0.4, 0.5) is 4.39 Å². The lowest BCUT2D eigenvalue weighted by Crippen LogP contribution is -2.02. The van der Waals surface area contributed by atoms with E-state index in [1.54, 1.807) is 0 Å². The van der Waals surface area contributed by atoms with Crippen molar-refractivity contribution in [2.45, 2.75) is 6.61 Å². The van der Waals surface area contributed by atoms with Gasteiger partial charge in [-0.05, 0) is 24.3 Å². The van der Waals surface area contributed by atoms with Crippen LogP contribution in [-0.4, -0.2) is 16.1 Å². The second-order valence-corrected chi connectivity index (χ2v) is 4.73. The number of aromatic carboxylic acids is 1. The third-order valence-corrected chi connectivity index (χ3v) is 3.21. The first-order valence-electron chi connectivity index (χ1n) is 6.64. The van der Waals surface area contributed by atoms with E-state index < -0.39 is 11.8 Å². The second kappa shape index (κ2) is 5.81. The fourth-order valence-corrected chi connectivity index (χ4v) is 2.10. The van der Waals surface area contributed by atoms with E-state index in [0.29, 0.717) is 5.69 Å². The van der Waals surface area contributed by atoms with Gasteiger partial charge in [-0.15, -0.1) is 0 Å². The number of aromatic nitrogens is 1. The summed E-state index contributed by atoms with van der Waals surface area (Å²) in [5.74, 6) is -1.87. The van der Waals surface area contributed by atoms with Crippen LogP contribution in [0.2, 0.25) is 0 Å². The lowest BCUT2D eigenvalue weighted by Gasteiger charge is -2.07. The number of rotatable bonds is 4. The maximum absolute atomic E-state index is 13.6. The average molecular weight is 297 g/mol. The number of para-hydroxylation sites is 1. The molecule has 0 bridgehead atoms. The van der Waals surface area contributed by atoms with E-state index in [9.17, 15) is 9.18 Å². The van der Waals surface area contributed by atoms with Gasteiger partial charge in [0.2, 0.25) is 0 Å². The van der Waals surface area contributed by atoms with Crippen LogP contribution in [0.25, 0.3) is 10.9 Å². The predicted octanol–water partition coefficient (Wildman–Crippen LogP) is 3.65. The van der Waals surface area contributed by atoms with Gasteiger partial charge in [0.25, 0.3) is 0 Å². The standard InChI is InChI=1S/C17H12FNO3/c18-15-9-13(7-8-14(15)17(20)21)22-10-12-6-5-11-3-1-2-4-16(11)19-12/h1-9H,10H2,(H,20,21). The fourth-order valence-electron chi connectivity index (χ4n) is 2.10. The molecule has 3 rings (SSSR count). The number of benzene rings is 2. The SMILES string of the molecule is O=C(O)c1ccc(OCc2ccc3ccccc3n2)cc1F. The predicted molar refractivity (Wildman–Crippen MR) is 79.4 cm³/mol. The van der Waals surface area contributed by atoms with Gasteiger partial charge in [0.15, 0.2) is 0 Å². The molecule has 0 aliphatic heterocycles. The summed E-state index contributed by atoms with van der Waals surface area (Å²) in [7, 11) is 0. The molecule has 2 aromatic carbocycles. The Kier molecular flexibility index (Phi) is 3.70. The van der Waals surface area contributed by atoms with Crippen molar-refractivity contribution in [2.24, 2.45) is 0 Å². The summed E-state index contributed by atoms with van der Waals surface area (Å²) in [4.78, 5) is 15.2. The summed E-state index contributed by atoms with van der Waals surface area (Å²) in [6.45, 7) is 0.177. The Bertz CT molecular complexity index is 848. The number of halogens is 1. The molecule has 0 radical (unpaired) electrons. The third-order valence-electron chi connectivity index (χ3n) is 3.21. The molecule has 5 heteroatoms. The molecular formula is C17H12FNO3. The summed E-state index contributed by atoms with van der Waals surface area (Å²) in [6, 6.07) is 15.2. The van der Waals surface area contributed by atoms with Gasteiger partial charge in [-0.25, -0.2) is 14.2 Å². The van der Waals surface area contributed by atoms with E-state index in [1.807, 2.05) is 36.4 Å². The van der Waals surface area contributed by atoms with Gasteiger partial charge in [0.1, 0.15) is 18.2 Å². The minimum absolute atomic E-state index is 0.177. The molecule has 0 spiro atoms. The zero-order valence-electron chi connectivity index (χ0n) is 11.5. The number of carbonyl (C=O) groups is 1. The molecule has 0 saturated carbocycles. The van der Waals surface area contributed by atoms with Crippen LogP contribution < -0.4 is 4.74 Å². The van der Waals surface area contributed by atoms with E-state index in [4.69, 9.17) is 9.84 Å². The highest BCUT2D eigenvalue weighted by Crippen LogP contribution is 2.18. The number of carboxylic acid groups (broad SMARTS) is 1. The largest absolute Gasteiger partial charge is 0.487 e. The van der Waals surface area contributed by atoms with E-state index >= 15 is 0 Å². The topological polar surface area (TPSA) is 59.4 Å². The zero-order valence-corrected chi connectivity index (χ0v) is 11.5. The number of carboxylic acids is 1. The average Bonchev–Trinajstić information content (AvgIpc) is 2.52. The van der Waals surface area contributed by atoms with Crippen LogP contribution in [0.5, 0.6) is 5.75 Å². The first-order valence-corrected chi connectivity index (χ1v) is 6.64. The monoisotopic (exact) mass is 297 g/mol. The Morgan fingerprint density at radius 1 is 1.14 bits per heavy atom. The van der Waals surface area contributed by atoms with Gasteiger partial charge in [0, 0.05) is 11.5 Å². The highest BCUT2D eigenvalue weighted by atomic mass is 19.1. The Labute approximate surface area is 125 Å². The number of fused-ring (bicyclic) bond motifs is 1. The molecule has 0 amide bonds. The van der Waals surface area contributed by atoms with Crippen LogP contribution in [0.3, 0.4) is 0 Å². The minimum atomic E-state index is -1.31. The summed E-state index contributed by atoms with van der Waals surface area (Å²) in [5, 5.41) is 9.80. The molecule has 0 saturated heterocycles. The number of hydrogen-bond donors (Lipinski definition) is 1. The molecular weight excluding hydrogens is 285 g/mol. The van der Waals surface area contributed by atoms with Crippen LogP contribution in [0, 0.1) is 5.82 Å². The van der Waals surface area contributed by atoms with Crippen LogP contribution in [0.1, 0.15) is 16.1 Å². The molecule has 3 aromatic rings. The van der Waals surface area contributed by atoms with Gasteiger partial charge < -0.3 is 9.84 Å². The lowest BCUT2D eigenvalue weighted by atomic mass is 10.2. The number of ether oxygens (including phenoxy) is 1. The van der Waals surface area contributed by atoms with E-state index in [2.05, 4.69) is 4.98 Å². The molecule has 0 unspecified atom stereocenters. The summed E-state index contributed by atoms with van der Waals surface area (Å²) in [5.41, 5.74) is 1.19. The van der Waals surface area contributed by atoms with Crippen LogP contribution >= 0.6 is 0 Å². The quantitative estimate of drug-likeness (QED) is 0.798. The first kappa shape index (κ1) is 14.0. The molecule has 4 nitrogen and oxygen atoms in total. The normalized spacial score (nSPS) is 10.6. The lowest BCUT2D eigenvalue weighted by molar-refractivity contribution is 0.0692.